The molecule has 0 aromatic heterocycles. The zero-order valence-electron chi connectivity index (χ0n) is 47.8. The van der Waals surface area contributed by atoms with Crippen molar-refractivity contribution in [2.24, 2.45) is 0 Å². The van der Waals surface area contributed by atoms with Crippen LogP contribution in [0.3, 0.4) is 0 Å². The van der Waals surface area contributed by atoms with Crippen LogP contribution in [0.5, 0.6) is 0 Å². The van der Waals surface area contributed by atoms with Crippen LogP contribution in [0.25, 0.3) is 0 Å². The zero-order valence-corrected chi connectivity index (χ0v) is 47.8. The fourth-order valence-electron chi connectivity index (χ4n) is 7.90. The molecule has 74 heavy (non-hydrogen) atoms. The van der Waals surface area contributed by atoms with Crippen molar-refractivity contribution in [3.05, 3.63) is 134 Å². The van der Waals surface area contributed by atoms with Gasteiger partial charge in [-0.05, 0) is 135 Å². The van der Waals surface area contributed by atoms with E-state index in [1.165, 1.54) is 70.6 Å². The largest absolute Gasteiger partial charge is 0.462 e. The third kappa shape index (κ3) is 58.4. The summed E-state index contributed by atoms with van der Waals surface area (Å²) in [6, 6.07) is 0. The van der Waals surface area contributed by atoms with Gasteiger partial charge in [0, 0.05) is 19.3 Å². The Kier molecular flexibility index (Phi) is 57.4. The first kappa shape index (κ1) is 69.5. The summed E-state index contributed by atoms with van der Waals surface area (Å²) >= 11 is 0. The van der Waals surface area contributed by atoms with E-state index in [9.17, 15) is 14.4 Å². The van der Waals surface area contributed by atoms with Gasteiger partial charge in [-0.2, -0.15) is 0 Å². The van der Waals surface area contributed by atoms with E-state index in [0.29, 0.717) is 12.8 Å². The number of carbonyl (C=O) groups excluding carboxylic acids is 3. The summed E-state index contributed by atoms with van der Waals surface area (Å²) in [5.74, 6) is -0.950. The molecule has 0 fully saturated rings. The van der Waals surface area contributed by atoms with Crippen LogP contribution in [0.1, 0.15) is 258 Å². The van der Waals surface area contributed by atoms with Crippen LogP contribution in [0, 0.1) is 0 Å². The van der Waals surface area contributed by atoms with Gasteiger partial charge in [0.25, 0.3) is 0 Å². The van der Waals surface area contributed by atoms with Crippen molar-refractivity contribution in [2.45, 2.75) is 264 Å². The van der Waals surface area contributed by atoms with Crippen LogP contribution in [0.15, 0.2) is 134 Å². The quantitative estimate of drug-likeness (QED) is 0.0261. The lowest BCUT2D eigenvalue weighted by molar-refractivity contribution is -0.167. The van der Waals surface area contributed by atoms with Gasteiger partial charge in [-0.15, -0.1) is 0 Å². The van der Waals surface area contributed by atoms with Gasteiger partial charge in [0.15, 0.2) is 6.10 Å². The molecule has 0 bridgehead atoms. The molecule has 0 aliphatic heterocycles. The molecule has 0 N–H and O–H groups in total. The number of carbonyl (C=O) groups is 3. The maximum absolute atomic E-state index is 12.9. The Hall–Kier alpha value is -4.45. The minimum Gasteiger partial charge on any atom is -0.462 e. The summed E-state index contributed by atoms with van der Waals surface area (Å²) < 4.78 is 16.8. The number of unbranched alkanes of at least 4 members (excludes halogenated alkanes) is 20. The fourth-order valence-corrected chi connectivity index (χ4v) is 7.90. The topological polar surface area (TPSA) is 78.9 Å². The standard InChI is InChI=1S/C68H110O6/c1-4-7-10-13-16-19-22-25-27-29-31-32-33-34-35-36-38-39-41-43-46-49-52-55-58-61-67(70)73-64-65(63-72-66(69)60-57-54-51-48-45-24-21-18-15-12-9-6-3)74-68(71)62-59-56-53-50-47-44-42-40-37-30-28-26-23-20-17-14-11-8-5-2/h7-8,10-11,16-21,25-28,31-32,34-35,37,40,44,47,65H,4-6,9,12-15,22-24,29-30,33,36,38-39,41-43,45-46,48-64H2,1-3H3/b10-7-,11-8-,19-16-,20-17-,21-18-,27-25-,28-26-,32-31-,35-34-,40-37-,47-44-. The monoisotopic (exact) mass is 1020 g/mol. The smallest absolute Gasteiger partial charge is 0.306 e. The number of esters is 3. The number of rotatable bonds is 53. The van der Waals surface area contributed by atoms with Crippen molar-refractivity contribution >= 4 is 17.9 Å². The number of allylic oxidation sites excluding steroid dienone is 22. The normalized spacial score (nSPS) is 13.1. The van der Waals surface area contributed by atoms with Crippen molar-refractivity contribution in [2.75, 3.05) is 13.2 Å². The fraction of sp³-hybridized carbons (Fsp3) is 0.632. The molecule has 0 spiro atoms. The first-order valence-electron chi connectivity index (χ1n) is 30.2. The zero-order chi connectivity index (χ0) is 53.6. The van der Waals surface area contributed by atoms with Crippen LogP contribution in [0.2, 0.25) is 0 Å². The minimum atomic E-state index is -0.807. The van der Waals surface area contributed by atoms with Crippen LogP contribution in [0.4, 0.5) is 0 Å². The SMILES string of the molecule is CC/C=C\C/C=C\C/C=C\C/C=C\C/C=C\CCCCCCCCCCCC(=O)OCC(COC(=O)CCCCCCC/C=C\CCCCC)OC(=O)CCCCC/C=C\C/C=C\C/C=C\C/C=C\C/C=C\CC. The van der Waals surface area contributed by atoms with Crippen LogP contribution < -0.4 is 0 Å². The lowest BCUT2D eigenvalue weighted by Gasteiger charge is -2.18. The molecule has 0 amide bonds. The molecule has 1 atom stereocenters. The van der Waals surface area contributed by atoms with Crippen molar-refractivity contribution in [3.63, 3.8) is 0 Å². The average Bonchev–Trinajstić information content (AvgIpc) is 3.40. The van der Waals surface area contributed by atoms with Gasteiger partial charge in [-0.1, -0.05) is 238 Å². The van der Waals surface area contributed by atoms with Gasteiger partial charge in [-0.25, -0.2) is 0 Å². The maximum atomic E-state index is 12.9. The molecule has 0 aromatic carbocycles. The molecular weight excluding hydrogens is 913 g/mol. The van der Waals surface area contributed by atoms with Gasteiger partial charge in [0.1, 0.15) is 13.2 Å². The van der Waals surface area contributed by atoms with E-state index in [2.05, 4.69) is 154 Å². The summed E-state index contributed by atoms with van der Waals surface area (Å²) in [5, 5.41) is 0. The van der Waals surface area contributed by atoms with E-state index in [0.717, 1.165) is 148 Å². The van der Waals surface area contributed by atoms with E-state index in [-0.39, 0.29) is 37.5 Å². The summed E-state index contributed by atoms with van der Waals surface area (Å²) in [6.45, 7) is 6.35. The highest BCUT2D eigenvalue weighted by molar-refractivity contribution is 5.71. The minimum absolute atomic E-state index is 0.101. The predicted molar refractivity (Wildman–Crippen MR) is 320 cm³/mol. The predicted octanol–water partition coefficient (Wildman–Crippen LogP) is 20.6. The number of hydrogen-bond donors (Lipinski definition) is 0. The van der Waals surface area contributed by atoms with Crippen LogP contribution in [-0.2, 0) is 28.6 Å². The van der Waals surface area contributed by atoms with Crippen molar-refractivity contribution in [3.8, 4) is 0 Å². The highest BCUT2D eigenvalue weighted by atomic mass is 16.6. The summed E-state index contributed by atoms with van der Waals surface area (Å²) in [7, 11) is 0. The van der Waals surface area contributed by atoms with Gasteiger partial charge in [0.2, 0.25) is 0 Å². The lowest BCUT2D eigenvalue weighted by atomic mass is 10.1. The Morgan fingerprint density at radius 2 is 0.527 bits per heavy atom. The third-order valence-corrected chi connectivity index (χ3v) is 12.4. The Bertz CT molecular complexity index is 1600. The first-order chi connectivity index (χ1) is 36.5. The molecule has 0 aromatic rings. The van der Waals surface area contributed by atoms with Gasteiger partial charge < -0.3 is 14.2 Å². The molecule has 0 heterocycles. The molecule has 0 rings (SSSR count). The van der Waals surface area contributed by atoms with Crippen LogP contribution >= 0.6 is 0 Å². The van der Waals surface area contributed by atoms with Crippen molar-refractivity contribution in [1.82, 2.24) is 0 Å². The van der Waals surface area contributed by atoms with E-state index in [1.807, 2.05) is 0 Å². The van der Waals surface area contributed by atoms with Crippen LogP contribution in [-0.4, -0.2) is 37.2 Å². The maximum Gasteiger partial charge on any atom is 0.306 e. The molecule has 0 radical (unpaired) electrons. The summed E-state index contributed by atoms with van der Waals surface area (Å²) in [5.41, 5.74) is 0. The molecule has 1 unspecified atom stereocenters. The van der Waals surface area contributed by atoms with E-state index < -0.39 is 6.10 Å². The highest BCUT2D eigenvalue weighted by Gasteiger charge is 2.19. The Balaban J connectivity index is 4.41. The average molecular weight is 1020 g/mol. The summed E-state index contributed by atoms with van der Waals surface area (Å²) in [6.07, 6.45) is 85.9. The molecule has 0 saturated carbocycles. The molecule has 418 valence electrons. The molecule has 0 aliphatic rings. The molecule has 0 aliphatic carbocycles. The number of hydrogen-bond acceptors (Lipinski definition) is 6. The van der Waals surface area contributed by atoms with E-state index in [4.69, 9.17) is 14.2 Å². The van der Waals surface area contributed by atoms with E-state index >= 15 is 0 Å². The highest BCUT2D eigenvalue weighted by Crippen LogP contribution is 2.14. The lowest BCUT2D eigenvalue weighted by Crippen LogP contribution is -2.30. The Labute approximate surface area is 455 Å². The van der Waals surface area contributed by atoms with Crippen molar-refractivity contribution < 1.29 is 28.6 Å². The summed E-state index contributed by atoms with van der Waals surface area (Å²) in [4.78, 5) is 38.2. The van der Waals surface area contributed by atoms with Gasteiger partial charge >= 0.3 is 17.9 Å². The van der Waals surface area contributed by atoms with Gasteiger partial charge in [-0.3, -0.25) is 14.4 Å². The Morgan fingerprint density at radius 1 is 0.284 bits per heavy atom. The second-order valence-corrected chi connectivity index (χ2v) is 19.5. The van der Waals surface area contributed by atoms with Crippen molar-refractivity contribution in [1.29, 1.82) is 0 Å². The molecular formula is C68H110O6. The molecule has 6 nitrogen and oxygen atoms in total. The van der Waals surface area contributed by atoms with E-state index in [1.54, 1.807) is 0 Å². The first-order valence-corrected chi connectivity index (χ1v) is 30.2. The molecule has 6 heteroatoms. The third-order valence-electron chi connectivity index (χ3n) is 12.4. The number of ether oxygens (including phenoxy) is 3. The van der Waals surface area contributed by atoms with Gasteiger partial charge in [0.05, 0.1) is 0 Å². The second kappa shape index (κ2) is 61.1. The Morgan fingerprint density at radius 3 is 0.851 bits per heavy atom. The molecule has 0 saturated heterocycles. The second-order valence-electron chi connectivity index (χ2n) is 19.5.